The Morgan fingerprint density at radius 3 is 2.54 bits per heavy atom. The maximum Gasteiger partial charge on any atom is 1.00 e. The Hall–Kier alpha value is -1.48. The van der Waals surface area contributed by atoms with Gasteiger partial charge in [-0.25, -0.2) is 4.79 Å². The largest absolute Gasteiger partial charge is 1.00 e. The molecule has 7 nitrogen and oxygen atoms in total. The van der Waals surface area contributed by atoms with Crippen molar-refractivity contribution in [3.05, 3.63) is 42.1 Å². The molecule has 3 atom stereocenters. The third-order valence-corrected chi connectivity index (χ3v) is 5.81. The van der Waals surface area contributed by atoms with E-state index in [1.165, 1.54) is 22.9 Å². The Morgan fingerprint density at radius 2 is 1.92 bits per heavy atom. The summed E-state index contributed by atoms with van der Waals surface area (Å²) in [6, 6.07) is 7.20. The second kappa shape index (κ2) is 8.04. The number of aliphatic carboxylic acids is 1. The van der Waals surface area contributed by atoms with E-state index < -0.39 is 40.1 Å². The molecule has 26 heavy (non-hydrogen) atoms. The Balaban J connectivity index is 0.00000243. The molecular weight excluding hydrogens is 365 g/mol. The molecule has 1 aromatic carbocycles. The number of thioether (sulfide) groups is 1. The molecule has 2 aliphatic rings. The van der Waals surface area contributed by atoms with Crippen LogP contribution in [-0.4, -0.2) is 45.0 Å². The maximum absolute atomic E-state index is 12.2. The Kier molecular flexibility index (Phi) is 6.44. The molecule has 9 heteroatoms. The van der Waals surface area contributed by atoms with Crippen molar-refractivity contribution in [2.75, 3.05) is 0 Å². The van der Waals surface area contributed by atoms with Gasteiger partial charge in [-0.15, -0.1) is 11.8 Å². The van der Waals surface area contributed by atoms with E-state index in [4.69, 9.17) is 0 Å². The van der Waals surface area contributed by atoms with Gasteiger partial charge in [-0.05, 0) is 25.5 Å². The van der Waals surface area contributed by atoms with Crippen molar-refractivity contribution < 1.29 is 49.0 Å². The smallest absolute Gasteiger partial charge is 0.548 e. The summed E-state index contributed by atoms with van der Waals surface area (Å²) in [6.45, 7) is 3.51. The fraction of sp³-hybridized carbons (Fsp3) is 0.353. The van der Waals surface area contributed by atoms with Crippen LogP contribution in [0.2, 0.25) is 0 Å². The van der Waals surface area contributed by atoms with Crippen LogP contribution in [0.5, 0.6) is 0 Å². The summed E-state index contributed by atoms with van der Waals surface area (Å²) in [7, 11) is 0. The summed E-state index contributed by atoms with van der Waals surface area (Å²) < 4.78 is -0.667. The van der Waals surface area contributed by atoms with Crippen LogP contribution < -0.4 is 45.3 Å². The zero-order chi connectivity index (χ0) is 18.2. The zero-order valence-corrected chi connectivity index (χ0v) is 17.6. The number of β-lactam (4-membered cyclic amide) rings is 1. The van der Waals surface area contributed by atoms with Gasteiger partial charge < -0.3 is 25.4 Å². The number of hydrogen-bond donors (Lipinski definition) is 2. The third-order valence-electron chi connectivity index (χ3n) is 4.24. The fourth-order valence-corrected chi connectivity index (χ4v) is 4.71. The average Bonchev–Trinajstić information content (AvgIpc) is 2.82. The summed E-state index contributed by atoms with van der Waals surface area (Å²) in [5.74, 6) is -1.68. The third kappa shape index (κ3) is 3.93. The van der Waals surface area contributed by atoms with Crippen molar-refractivity contribution in [1.29, 1.82) is 0 Å². The van der Waals surface area contributed by atoms with Crippen LogP contribution in [-0.2, 0) is 9.59 Å². The maximum atomic E-state index is 12.2. The number of urea groups is 1. The standard InChI is InChI=1S/C17H19N3O4S.Na/c1-17(2)12(15(22)23)20-13(21)11(14(20)25-17)19-16(24)18-9-8-10-6-4-3-5-7-10;/h3-9,11-12,14H,1-2H3,(H,22,23)(H2,18,19,24);/q;+1/p-1/t11-,12+,14-;/m1./s1. The summed E-state index contributed by atoms with van der Waals surface area (Å²) in [5, 5.41) is 16.1. The minimum atomic E-state index is -1.28. The minimum absolute atomic E-state index is 0. The van der Waals surface area contributed by atoms with Crippen molar-refractivity contribution in [1.82, 2.24) is 15.5 Å². The number of hydrogen-bond acceptors (Lipinski definition) is 5. The van der Waals surface area contributed by atoms with Gasteiger partial charge in [0.15, 0.2) is 0 Å². The molecule has 2 N–H and O–H groups in total. The number of carbonyl (C=O) groups is 3. The fourth-order valence-electron chi connectivity index (χ4n) is 3.09. The topological polar surface area (TPSA) is 102 Å². The molecule has 0 aliphatic carbocycles. The summed E-state index contributed by atoms with van der Waals surface area (Å²) in [6.07, 6.45) is 3.22. The number of carbonyl (C=O) groups excluding carboxylic acids is 3. The monoisotopic (exact) mass is 383 g/mol. The molecule has 3 rings (SSSR count). The van der Waals surface area contributed by atoms with Gasteiger partial charge in [-0.3, -0.25) is 4.79 Å². The van der Waals surface area contributed by atoms with E-state index in [9.17, 15) is 19.5 Å². The van der Waals surface area contributed by atoms with Gasteiger partial charge in [0.25, 0.3) is 0 Å². The van der Waals surface area contributed by atoms with Gasteiger partial charge >= 0.3 is 35.6 Å². The number of nitrogens with one attached hydrogen (secondary N) is 2. The molecule has 2 saturated heterocycles. The Morgan fingerprint density at radius 1 is 1.27 bits per heavy atom. The molecule has 3 amide bonds. The minimum Gasteiger partial charge on any atom is -0.548 e. The number of rotatable bonds is 4. The SMILES string of the molecule is CC1(C)S[C@@H]2[C@H](NC(=O)NC=Cc3ccccc3)C(=O)N2[C@H]1C(=O)[O-].[Na+]. The molecule has 2 aliphatic heterocycles. The molecule has 2 fully saturated rings. The summed E-state index contributed by atoms with van der Waals surface area (Å²) in [5.41, 5.74) is 0.929. The predicted molar refractivity (Wildman–Crippen MR) is 92.0 cm³/mol. The molecule has 0 aromatic heterocycles. The van der Waals surface area contributed by atoms with E-state index in [-0.39, 0.29) is 29.6 Å². The van der Waals surface area contributed by atoms with Crippen LogP contribution in [0, 0.1) is 0 Å². The zero-order valence-electron chi connectivity index (χ0n) is 14.8. The first-order chi connectivity index (χ1) is 11.8. The van der Waals surface area contributed by atoms with Crippen molar-refractivity contribution >= 4 is 35.7 Å². The van der Waals surface area contributed by atoms with Crippen LogP contribution in [0.4, 0.5) is 4.79 Å². The van der Waals surface area contributed by atoms with Crippen LogP contribution in [0.15, 0.2) is 36.5 Å². The molecule has 0 spiro atoms. The summed E-state index contributed by atoms with van der Waals surface area (Å²) >= 11 is 1.35. The molecular formula is C17H18N3NaO4S. The predicted octanol–water partition coefficient (Wildman–Crippen LogP) is -2.86. The second-order valence-corrected chi connectivity index (χ2v) is 8.19. The van der Waals surface area contributed by atoms with Crippen LogP contribution in [0.1, 0.15) is 19.4 Å². The van der Waals surface area contributed by atoms with E-state index in [0.29, 0.717) is 0 Å². The van der Waals surface area contributed by atoms with Gasteiger partial charge in [0.2, 0.25) is 5.91 Å². The molecule has 1 aromatic rings. The second-order valence-electron chi connectivity index (χ2n) is 6.42. The number of carboxylic acids is 1. The van der Waals surface area contributed by atoms with Crippen LogP contribution in [0.3, 0.4) is 0 Å². The van der Waals surface area contributed by atoms with E-state index in [1.807, 2.05) is 30.3 Å². The number of carboxylic acid groups (broad SMARTS) is 1. The van der Waals surface area contributed by atoms with Gasteiger partial charge in [-0.2, -0.15) is 0 Å². The van der Waals surface area contributed by atoms with Crippen molar-refractivity contribution in [3.8, 4) is 0 Å². The van der Waals surface area contributed by atoms with Gasteiger partial charge in [0, 0.05) is 10.9 Å². The Bertz CT molecular complexity index is 741. The van der Waals surface area contributed by atoms with Gasteiger partial charge in [0.1, 0.15) is 11.4 Å². The number of benzene rings is 1. The van der Waals surface area contributed by atoms with E-state index in [0.717, 1.165) is 5.56 Å². The van der Waals surface area contributed by atoms with E-state index >= 15 is 0 Å². The Labute approximate surface area is 177 Å². The molecule has 0 radical (unpaired) electrons. The number of nitrogens with zero attached hydrogens (tertiary/aromatic N) is 1. The number of amides is 3. The van der Waals surface area contributed by atoms with Crippen LogP contribution >= 0.6 is 11.8 Å². The molecule has 2 heterocycles. The molecule has 0 saturated carbocycles. The van der Waals surface area contributed by atoms with Gasteiger partial charge in [0.05, 0.1) is 12.0 Å². The summed E-state index contributed by atoms with van der Waals surface area (Å²) in [4.78, 5) is 36.8. The first kappa shape index (κ1) is 20.8. The average molecular weight is 383 g/mol. The number of fused-ring (bicyclic) bond motifs is 1. The first-order valence-electron chi connectivity index (χ1n) is 7.81. The van der Waals surface area contributed by atoms with Crippen molar-refractivity contribution in [2.45, 2.75) is 36.1 Å². The quantitative estimate of drug-likeness (QED) is 0.430. The van der Waals surface area contributed by atoms with Crippen molar-refractivity contribution in [3.63, 3.8) is 0 Å². The van der Waals surface area contributed by atoms with E-state index in [2.05, 4.69) is 10.6 Å². The van der Waals surface area contributed by atoms with Gasteiger partial charge in [-0.1, -0.05) is 30.3 Å². The van der Waals surface area contributed by atoms with Crippen LogP contribution in [0.25, 0.3) is 6.08 Å². The van der Waals surface area contributed by atoms with E-state index in [1.54, 1.807) is 19.9 Å². The molecule has 0 bridgehead atoms. The normalized spacial score (nSPS) is 25.8. The first-order valence-corrected chi connectivity index (χ1v) is 8.69. The van der Waals surface area contributed by atoms with Crippen molar-refractivity contribution in [2.24, 2.45) is 0 Å². The molecule has 132 valence electrons. The molecule has 0 unspecified atom stereocenters.